The molecule has 0 bridgehead atoms. The maximum atomic E-state index is 13.8. The second-order valence-corrected chi connectivity index (χ2v) is 16.0. The summed E-state index contributed by atoms with van der Waals surface area (Å²) < 4.78 is 11.0. The number of nitrogens with zero attached hydrogens (tertiary/aromatic N) is 2. The van der Waals surface area contributed by atoms with E-state index in [0.717, 1.165) is 0 Å². The average molecular weight is 713 g/mol. The Morgan fingerprint density at radius 2 is 0.885 bits per heavy atom. The first kappa shape index (κ1) is 36.8. The number of ketones is 6. The van der Waals surface area contributed by atoms with Crippen LogP contribution in [0.3, 0.4) is 0 Å². The molecule has 2 aliphatic heterocycles. The van der Waals surface area contributed by atoms with Crippen molar-refractivity contribution in [2.45, 2.75) is 103 Å². The number of rotatable bonds is 5. The lowest BCUT2D eigenvalue weighted by atomic mass is 9.88. The minimum absolute atomic E-state index is 0.0518. The lowest BCUT2D eigenvalue weighted by molar-refractivity contribution is -0.127. The Labute approximate surface area is 302 Å². The summed E-state index contributed by atoms with van der Waals surface area (Å²) in [6.07, 6.45) is 1.89. The minimum Gasteiger partial charge on any atom is -0.444 e. The standard InChI is InChI=1S/C40H44N2O10/c1-39(2,3)51-37(49)41-17-9-7-11-27(41)35(47)29-31(43)23-15-13-21(19-25(23)33(29)45)22-14-16-24-26(20-22)34(46)30(32(24)44)36(48)28-12-8-10-18-42(28)38(50)52-40(4,5)6/h13-16,19-20,27-30H,7-12,17-18H2,1-6H3/t27-,28-,29?,30?/m0/s1. The summed E-state index contributed by atoms with van der Waals surface area (Å²) in [6, 6.07) is 7.14. The summed E-state index contributed by atoms with van der Waals surface area (Å²) in [4.78, 5) is 111. The second-order valence-electron chi connectivity index (χ2n) is 16.0. The predicted molar refractivity (Wildman–Crippen MR) is 187 cm³/mol. The van der Waals surface area contributed by atoms with E-state index in [9.17, 15) is 38.4 Å². The number of piperidine rings is 2. The molecule has 2 heterocycles. The largest absolute Gasteiger partial charge is 0.444 e. The topological polar surface area (TPSA) is 162 Å². The summed E-state index contributed by atoms with van der Waals surface area (Å²) in [5, 5.41) is 0. The van der Waals surface area contributed by atoms with Crippen LogP contribution in [-0.4, -0.2) is 93.1 Å². The van der Waals surface area contributed by atoms with E-state index < -0.39 is 82.0 Å². The van der Waals surface area contributed by atoms with Gasteiger partial charge in [0.05, 0.1) is 12.1 Å². The van der Waals surface area contributed by atoms with Crippen LogP contribution in [0.5, 0.6) is 0 Å². The summed E-state index contributed by atoms with van der Waals surface area (Å²) in [5.74, 6) is -7.06. The van der Waals surface area contributed by atoms with E-state index in [1.54, 1.807) is 53.7 Å². The van der Waals surface area contributed by atoms with Gasteiger partial charge in [0.1, 0.15) is 23.0 Å². The van der Waals surface area contributed by atoms with E-state index in [-0.39, 0.29) is 35.3 Å². The molecule has 12 nitrogen and oxygen atoms in total. The number of Topliss-reactive ketones (excluding diaryl/α,β-unsaturated/α-hetero) is 6. The molecule has 274 valence electrons. The van der Waals surface area contributed by atoms with E-state index in [1.807, 2.05) is 0 Å². The SMILES string of the molecule is CC(C)(C)OC(=O)N1CCCC[C@H]1C(=O)C1C(=O)c2ccc(-c3ccc4c(c3)C(=O)C(C(=O)[C@@H]3CCCCN3C(=O)OC(C)(C)C)C4=O)cc2C1=O. The van der Waals surface area contributed by atoms with Crippen LogP contribution in [0.1, 0.15) is 121 Å². The van der Waals surface area contributed by atoms with Crippen molar-refractivity contribution in [1.29, 1.82) is 0 Å². The van der Waals surface area contributed by atoms with Crippen molar-refractivity contribution in [2.75, 3.05) is 13.1 Å². The molecule has 4 aliphatic rings. The van der Waals surface area contributed by atoms with Gasteiger partial charge in [-0.2, -0.15) is 0 Å². The van der Waals surface area contributed by atoms with Gasteiger partial charge in [-0.05, 0) is 103 Å². The molecular weight excluding hydrogens is 668 g/mol. The first-order valence-corrected chi connectivity index (χ1v) is 17.9. The highest BCUT2D eigenvalue weighted by molar-refractivity contribution is 6.37. The van der Waals surface area contributed by atoms with Crippen LogP contribution in [0.15, 0.2) is 36.4 Å². The number of benzene rings is 2. The van der Waals surface area contributed by atoms with Gasteiger partial charge in [-0.15, -0.1) is 0 Å². The molecule has 2 aliphatic carbocycles. The van der Waals surface area contributed by atoms with Crippen LogP contribution in [-0.2, 0) is 19.1 Å². The van der Waals surface area contributed by atoms with Crippen LogP contribution < -0.4 is 0 Å². The normalized spacial score (nSPS) is 23.3. The predicted octanol–water partition coefficient (Wildman–Crippen LogP) is 6.06. The highest BCUT2D eigenvalue weighted by Gasteiger charge is 2.50. The monoisotopic (exact) mass is 712 g/mol. The number of amides is 2. The van der Waals surface area contributed by atoms with E-state index in [4.69, 9.17) is 9.47 Å². The Balaban J connectivity index is 1.23. The molecule has 12 heteroatoms. The fourth-order valence-electron chi connectivity index (χ4n) is 7.58. The van der Waals surface area contributed by atoms with Crippen LogP contribution in [0.4, 0.5) is 9.59 Å². The lowest BCUT2D eigenvalue weighted by Gasteiger charge is -2.36. The minimum atomic E-state index is -1.59. The van der Waals surface area contributed by atoms with Crippen molar-refractivity contribution in [3.05, 3.63) is 58.7 Å². The van der Waals surface area contributed by atoms with Crippen molar-refractivity contribution in [3.63, 3.8) is 0 Å². The van der Waals surface area contributed by atoms with Crippen LogP contribution in [0, 0.1) is 11.8 Å². The van der Waals surface area contributed by atoms with Crippen molar-refractivity contribution in [3.8, 4) is 11.1 Å². The van der Waals surface area contributed by atoms with E-state index in [2.05, 4.69) is 0 Å². The maximum absolute atomic E-state index is 13.8. The van der Waals surface area contributed by atoms with Crippen molar-refractivity contribution in [1.82, 2.24) is 9.80 Å². The van der Waals surface area contributed by atoms with Crippen LogP contribution in [0.25, 0.3) is 11.1 Å². The fraction of sp³-hybridized carbons (Fsp3) is 0.500. The van der Waals surface area contributed by atoms with Gasteiger partial charge in [0.25, 0.3) is 0 Å². The van der Waals surface area contributed by atoms with Gasteiger partial charge in [0.2, 0.25) is 0 Å². The first-order valence-electron chi connectivity index (χ1n) is 17.9. The molecule has 2 aromatic rings. The Kier molecular flexibility index (Phi) is 9.56. The Bertz CT molecular complexity index is 1780. The van der Waals surface area contributed by atoms with Gasteiger partial charge < -0.3 is 9.47 Å². The molecule has 6 rings (SSSR count). The maximum Gasteiger partial charge on any atom is 0.410 e. The number of hydrogen-bond donors (Lipinski definition) is 0. The molecule has 0 saturated carbocycles. The van der Waals surface area contributed by atoms with Gasteiger partial charge in [-0.1, -0.05) is 24.3 Å². The Morgan fingerprint density at radius 3 is 1.23 bits per heavy atom. The number of carbonyl (C=O) groups is 8. The van der Waals surface area contributed by atoms with Crippen molar-refractivity contribution >= 4 is 46.9 Å². The van der Waals surface area contributed by atoms with Crippen molar-refractivity contribution < 1.29 is 47.8 Å². The highest BCUT2D eigenvalue weighted by Crippen LogP contribution is 2.37. The molecule has 0 N–H and O–H groups in total. The third-order valence-corrected chi connectivity index (χ3v) is 9.97. The Morgan fingerprint density at radius 1 is 0.538 bits per heavy atom. The number of fused-ring (bicyclic) bond motifs is 2. The first-order chi connectivity index (χ1) is 24.4. The third kappa shape index (κ3) is 6.82. The molecule has 2 amide bonds. The Hall–Kier alpha value is -5.00. The zero-order chi connectivity index (χ0) is 37.9. The number of hydrogen-bond acceptors (Lipinski definition) is 10. The highest BCUT2D eigenvalue weighted by atomic mass is 16.6. The van der Waals surface area contributed by atoms with Crippen molar-refractivity contribution in [2.24, 2.45) is 11.8 Å². The van der Waals surface area contributed by atoms with E-state index >= 15 is 0 Å². The lowest BCUT2D eigenvalue weighted by Crippen LogP contribution is -2.52. The molecule has 0 spiro atoms. The molecule has 52 heavy (non-hydrogen) atoms. The number of ether oxygens (including phenoxy) is 2. The van der Waals surface area contributed by atoms with Crippen LogP contribution >= 0.6 is 0 Å². The van der Waals surface area contributed by atoms with E-state index in [0.29, 0.717) is 49.7 Å². The smallest absolute Gasteiger partial charge is 0.410 e. The number of carbonyl (C=O) groups excluding carboxylic acids is 8. The van der Waals surface area contributed by atoms with Gasteiger partial charge in [-0.25, -0.2) is 9.59 Å². The molecule has 2 fully saturated rings. The van der Waals surface area contributed by atoms with Gasteiger partial charge in [-0.3, -0.25) is 38.6 Å². The molecule has 0 radical (unpaired) electrons. The van der Waals surface area contributed by atoms with Crippen LogP contribution in [0.2, 0.25) is 0 Å². The quantitative estimate of drug-likeness (QED) is 0.333. The third-order valence-electron chi connectivity index (χ3n) is 9.97. The van der Waals surface area contributed by atoms with Gasteiger partial charge in [0.15, 0.2) is 34.7 Å². The average Bonchev–Trinajstić information content (AvgIpc) is 3.49. The van der Waals surface area contributed by atoms with E-state index in [1.165, 1.54) is 34.1 Å². The van der Waals surface area contributed by atoms with Gasteiger partial charge in [0, 0.05) is 35.3 Å². The fourth-order valence-corrected chi connectivity index (χ4v) is 7.58. The molecule has 2 saturated heterocycles. The summed E-state index contributed by atoms with van der Waals surface area (Å²) in [5.41, 5.74) is -0.383. The molecule has 0 aromatic heterocycles. The molecule has 2 unspecified atom stereocenters. The zero-order valence-electron chi connectivity index (χ0n) is 30.4. The zero-order valence-corrected chi connectivity index (χ0v) is 30.4. The molecule has 2 aromatic carbocycles. The summed E-state index contributed by atoms with van der Waals surface area (Å²) in [7, 11) is 0. The number of likely N-dealkylation sites (tertiary alicyclic amines) is 2. The molecule has 4 atom stereocenters. The summed E-state index contributed by atoms with van der Waals surface area (Å²) in [6.45, 7) is 10.8. The second kappa shape index (κ2) is 13.5. The van der Waals surface area contributed by atoms with Gasteiger partial charge >= 0.3 is 12.2 Å². The summed E-state index contributed by atoms with van der Waals surface area (Å²) >= 11 is 0. The molecular formula is C40H44N2O10.